The Bertz CT molecular complexity index is 550. The van der Waals surface area contributed by atoms with Crippen LogP contribution in [0.4, 0.5) is 0 Å². The topological polar surface area (TPSA) is 109 Å². The van der Waals surface area contributed by atoms with E-state index in [0.29, 0.717) is 13.1 Å². The molecule has 3 N–H and O–H groups in total. The molecule has 8 heteroatoms. The van der Waals surface area contributed by atoms with E-state index in [0.717, 1.165) is 32.4 Å². The predicted molar refractivity (Wildman–Crippen MR) is 72.6 cm³/mol. The highest BCUT2D eigenvalue weighted by molar-refractivity contribution is 5.84. The van der Waals surface area contributed by atoms with Gasteiger partial charge in [-0.15, -0.1) is 5.10 Å². The van der Waals surface area contributed by atoms with Crippen LogP contribution in [0, 0.1) is 11.3 Å². The molecule has 0 radical (unpaired) electrons. The molecule has 0 aromatic carbocycles. The quantitative estimate of drug-likeness (QED) is 0.674. The number of rotatable bonds is 5. The third-order valence-corrected chi connectivity index (χ3v) is 4.50. The predicted octanol–water partition coefficient (Wildman–Crippen LogP) is -0.518. The van der Waals surface area contributed by atoms with Crippen LogP contribution in [0.5, 0.6) is 0 Å². The van der Waals surface area contributed by atoms with Gasteiger partial charge in [0.25, 0.3) is 0 Å². The second-order valence-electron chi connectivity index (χ2n) is 5.83. The van der Waals surface area contributed by atoms with E-state index in [9.17, 15) is 9.59 Å². The van der Waals surface area contributed by atoms with Gasteiger partial charge in [0.1, 0.15) is 0 Å². The first-order valence-corrected chi connectivity index (χ1v) is 7.23. The number of carboxylic acids is 1. The van der Waals surface area contributed by atoms with Crippen molar-refractivity contribution in [1.29, 1.82) is 0 Å². The van der Waals surface area contributed by atoms with Gasteiger partial charge in [0.15, 0.2) is 5.69 Å². The fraction of sp³-hybridized carbons (Fsp3) is 0.692. The highest BCUT2D eigenvalue weighted by Gasteiger charge is 2.57. The summed E-state index contributed by atoms with van der Waals surface area (Å²) in [6.45, 7) is 2.86. The maximum absolute atomic E-state index is 12.1. The highest BCUT2D eigenvalue weighted by Crippen LogP contribution is 2.58. The monoisotopic (exact) mass is 293 g/mol. The molecule has 1 saturated heterocycles. The molecule has 1 aliphatic heterocycles. The van der Waals surface area contributed by atoms with Crippen molar-refractivity contribution >= 4 is 11.9 Å². The van der Waals surface area contributed by atoms with Gasteiger partial charge in [0, 0.05) is 12.5 Å². The van der Waals surface area contributed by atoms with Crippen molar-refractivity contribution in [3.63, 3.8) is 0 Å². The van der Waals surface area contributed by atoms with E-state index in [2.05, 4.69) is 20.9 Å². The average Bonchev–Trinajstić information content (AvgIpc) is 2.95. The summed E-state index contributed by atoms with van der Waals surface area (Å²) in [4.78, 5) is 22.8. The van der Waals surface area contributed by atoms with Crippen LogP contribution in [0.15, 0.2) is 6.20 Å². The molecule has 0 bridgehead atoms. The molecule has 2 heterocycles. The molecule has 1 aromatic rings. The summed E-state index contributed by atoms with van der Waals surface area (Å²) >= 11 is 0. The van der Waals surface area contributed by atoms with E-state index in [-0.39, 0.29) is 22.9 Å². The summed E-state index contributed by atoms with van der Waals surface area (Å²) in [5.74, 6) is -0.850. The number of hydrogen-bond acceptors (Lipinski definition) is 5. The molecule has 1 amide bonds. The van der Waals surface area contributed by atoms with Crippen LogP contribution < -0.4 is 10.6 Å². The second kappa shape index (κ2) is 5.44. The molecular weight excluding hydrogens is 274 g/mol. The van der Waals surface area contributed by atoms with Crippen molar-refractivity contribution in [3.05, 3.63) is 11.9 Å². The standard InChI is InChI=1S/C13H19N5O3/c19-11(9-7-13(9)1-3-14-4-2-13)15-5-6-18-8-10(12(20)21)16-17-18/h8-9,14H,1-7H2,(H,15,19)(H,20,21). The maximum Gasteiger partial charge on any atom is 0.358 e. The van der Waals surface area contributed by atoms with Gasteiger partial charge in [-0.05, 0) is 37.8 Å². The number of piperidine rings is 1. The molecule has 1 saturated carbocycles. The van der Waals surface area contributed by atoms with Crippen LogP contribution in [-0.4, -0.2) is 51.6 Å². The van der Waals surface area contributed by atoms with E-state index in [1.54, 1.807) is 0 Å². The lowest BCUT2D eigenvalue weighted by molar-refractivity contribution is -0.123. The van der Waals surface area contributed by atoms with Crippen LogP contribution in [0.3, 0.4) is 0 Å². The maximum atomic E-state index is 12.1. The summed E-state index contributed by atoms with van der Waals surface area (Å²) in [5.41, 5.74) is 0.149. The number of carboxylic acid groups (broad SMARTS) is 1. The Labute approximate surface area is 121 Å². The summed E-state index contributed by atoms with van der Waals surface area (Å²) in [6, 6.07) is 0. The molecule has 2 aliphatic rings. The van der Waals surface area contributed by atoms with Crippen molar-refractivity contribution in [2.75, 3.05) is 19.6 Å². The Morgan fingerprint density at radius 1 is 1.48 bits per heavy atom. The summed E-state index contributed by atoms with van der Waals surface area (Å²) in [6.07, 6.45) is 4.51. The largest absolute Gasteiger partial charge is 0.476 e. The smallest absolute Gasteiger partial charge is 0.358 e. The van der Waals surface area contributed by atoms with Crippen LogP contribution in [0.2, 0.25) is 0 Å². The second-order valence-corrected chi connectivity index (χ2v) is 5.83. The zero-order valence-electron chi connectivity index (χ0n) is 11.7. The number of aromatic carboxylic acids is 1. The van der Waals surface area contributed by atoms with Crippen LogP contribution in [0.25, 0.3) is 0 Å². The van der Waals surface area contributed by atoms with E-state index >= 15 is 0 Å². The van der Waals surface area contributed by atoms with Crippen molar-refractivity contribution in [1.82, 2.24) is 25.6 Å². The van der Waals surface area contributed by atoms with E-state index in [4.69, 9.17) is 5.11 Å². The zero-order valence-corrected chi connectivity index (χ0v) is 11.7. The van der Waals surface area contributed by atoms with Gasteiger partial charge in [0.2, 0.25) is 5.91 Å². The Balaban J connectivity index is 1.43. The van der Waals surface area contributed by atoms with Gasteiger partial charge in [-0.2, -0.15) is 0 Å². The number of hydrogen-bond donors (Lipinski definition) is 3. The molecule has 3 rings (SSSR count). The van der Waals surface area contributed by atoms with Gasteiger partial charge >= 0.3 is 5.97 Å². The number of aromatic nitrogens is 3. The molecular formula is C13H19N5O3. The van der Waals surface area contributed by atoms with E-state index in [1.165, 1.54) is 10.9 Å². The normalized spacial score (nSPS) is 23.0. The average molecular weight is 293 g/mol. The first-order chi connectivity index (χ1) is 10.1. The highest BCUT2D eigenvalue weighted by atomic mass is 16.4. The van der Waals surface area contributed by atoms with Gasteiger partial charge in [-0.25, -0.2) is 9.48 Å². The Hall–Kier alpha value is -1.96. The number of amides is 1. The lowest BCUT2D eigenvalue weighted by Crippen LogP contribution is -2.34. The van der Waals surface area contributed by atoms with E-state index < -0.39 is 5.97 Å². The molecule has 21 heavy (non-hydrogen) atoms. The molecule has 8 nitrogen and oxygen atoms in total. The lowest BCUT2D eigenvalue weighted by Gasteiger charge is -2.23. The van der Waals surface area contributed by atoms with E-state index in [1.807, 2.05) is 0 Å². The molecule has 1 atom stereocenters. The molecule has 1 unspecified atom stereocenters. The third kappa shape index (κ3) is 2.90. The van der Waals surface area contributed by atoms with Gasteiger partial charge in [-0.3, -0.25) is 4.79 Å². The molecule has 1 aliphatic carbocycles. The minimum absolute atomic E-state index is 0.0859. The van der Waals surface area contributed by atoms with Crippen LogP contribution in [-0.2, 0) is 11.3 Å². The van der Waals surface area contributed by atoms with Gasteiger partial charge in [0.05, 0.1) is 12.7 Å². The van der Waals surface area contributed by atoms with Crippen molar-refractivity contribution in [3.8, 4) is 0 Å². The summed E-state index contributed by atoms with van der Waals surface area (Å²) in [7, 11) is 0. The first kappa shape index (κ1) is 14.0. The molecule has 2 fully saturated rings. The van der Waals surface area contributed by atoms with Crippen molar-refractivity contribution in [2.24, 2.45) is 11.3 Å². The van der Waals surface area contributed by atoms with Crippen molar-refractivity contribution in [2.45, 2.75) is 25.8 Å². The third-order valence-electron chi connectivity index (χ3n) is 4.50. The minimum atomic E-state index is -1.10. The number of nitrogens with zero attached hydrogens (tertiary/aromatic N) is 3. The van der Waals surface area contributed by atoms with Gasteiger partial charge < -0.3 is 15.7 Å². The molecule has 1 spiro atoms. The first-order valence-electron chi connectivity index (χ1n) is 7.23. The minimum Gasteiger partial charge on any atom is -0.476 e. The number of carbonyl (C=O) groups excluding carboxylic acids is 1. The Morgan fingerprint density at radius 3 is 2.90 bits per heavy atom. The zero-order chi connectivity index (χ0) is 14.9. The van der Waals surface area contributed by atoms with Gasteiger partial charge in [-0.1, -0.05) is 5.21 Å². The SMILES string of the molecule is O=C(O)c1cn(CCNC(=O)C2CC23CCNCC3)nn1. The Kier molecular flexibility index (Phi) is 3.62. The molecule has 114 valence electrons. The summed E-state index contributed by atoms with van der Waals surface area (Å²) < 4.78 is 1.43. The Morgan fingerprint density at radius 2 is 2.24 bits per heavy atom. The molecule has 1 aromatic heterocycles. The number of nitrogens with one attached hydrogen (secondary N) is 2. The lowest BCUT2D eigenvalue weighted by atomic mass is 9.92. The number of carbonyl (C=O) groups is 2. The fourth-order valence-electron chi connectivity index (χ4n) is 3.12. The van der Waals surface area contributed by atoms with Crippen molar-refractivity contribution < 1.29 is 14.7 Å². The summed E-state index contributed by atoms with van der Waals surface area (Å²) in [5, 5.41) is 22.2. The van der Waals surface area contributed by atoms with Crippen LogP contribution >= 0.6 is 0 Å². The van der Waals surface area contributed by atoms with Crippen LogP contribution in [0.1, 0.15) is 29.8 Å². The fourth-order valence-corrected chi connectivity index (χ4v) is 3.12.